The van der Waals surface area contributed by atoms with Gasteiger partial charge in [0, 0.05) is 45.3 Å². The zero-order valence-corrected chi connectivity index (χ0v) is 10.9. The maximum atomic E-state index is 11.9. The number of hydrogen-bond donors (Lipinski definition) is 3. The molecule has 1 aliphatic heterocycles. The van der Waals surface area contributed by atoms with Gasteiger partial charge in [-0.25, -0.2) is 0 Å². The summed E-state index contributed by atoms with van der Waals surface area (Å²) >= 11 is 0. The summed E-state index contributed by atoms with van der Waals surface area (Å²) in [4.78, 5) is 11.9. The molecule has 2 atom stereocenters. The molecular weight excluding hydrogens is 230 g/mol. The first-order chi connectivity index (χ1) is 8.65. The fourth-order valence-corrected chi connectivity index (χ4v) is 2.00. The molecule has 0 saturated carbocycles. The van der Waals surface area contributed by atoms with Crippen LogP contribution in [0.3, 0.4) is 0 Å². The van der Waals surface area contributed by atoms with E-state index in [-0.39, 0.29) is 11.9 Å². The molecule has 6 heteroatoms. The third kappa shape index (κ3) is 3.54. The number of nitrogens with one attached hydrogen (secondary N) is 3. The molecule has 0 spiro atoms. The van der Waals surface area contributed by atoms with E-state index in [1.54, 1.807) is 4.68 Å². The molecule has 1 amide bonds. The monoisotopic (exact) mass is 251 g/mol. The highest BCUT2D eigenvalue weighted by molar-refractivity contribution is 5.82. The molecule has 0 aliphatic carbocycles. The van der Waals surface area contributed by atoms with Crippen LogP contribution in [0.5, 0.6) is 0 Å². The van der Waals surface area contributed by atoms with Gasteiger partial charge in [-0.1, -0.05) is 0 Å². The van der Waals surface area contributed by atoms with Crippen molar-refractivity contribution in [1.29, 1.82) is 0 Å². The number of carbonyl (C=O) groups is 1. The van der Waals surface area contributed by atoms with Gasteiger partial charge in [0.05, 0.1) is 11.7 Å². The SMILES string of the molecule is CC1CNC(C(=O)NCCc2ccn(C)n2)CN1. The van der Waals surface area contributed by atoms with Crippen LogP contribution in [-0.4, -0.2) is 47.4 Å². The predicted molar refractivity (Wildman–Crippen MR) is 69.2 cm³/mol. The Hall–Kier alpha value is -1.40. The largest absolute Gasteiger partial charge is 0.354 e. The second kappa shape index (κ2) is 5.97. The van der Waals surface area contributed by atoms with Crippen LogP contribution < -0.4 is 16.0 Å². The Morgan fingerprint density at radius 2 is 2.39 bits per heavy atom. The van der Waals surface area contributed by atoms with E-state index < -0.39 is 0 Å². The van der Waals surface area contributed by atoms with Crippen molar-refractivity contribution < 1.29 is 4.79 Å². The van der Waals surface area contributed by atoms with E-state index in [1.165, 1.54) is 0 Å². The quantitative estimate of drug-likeness (QED) is 0.644. The van der Waals surface area contributed by atoms with E-state index in [4.69, 9.17) is 0 Å². The summed E-state index contributed by atoms with van der Waals surface area (Å²) in [6, 6.07) is 2.28. The summed E-state index contributed by atoms with van der Waals surface area (Å²) in [7, 11) is 1.89. The Bertz CT molecular complexity index is 395. The Balaban J connectivity index is 1.68. The molecule has 2 unspecified atom stereocenters. The van der Waals surface area contributed by atoms with Crippen molar-refractivity contribution in [2.24, 2.45) is 7.05 Å². The van der Waals surface area contributed by atoms with E-state index in [2.05, 4.69) is 28.0 Å². The molecule has 100 valence electrons. The van der Waals surface area contributed by atoms with Crippen LogP contribution >= 0.6 is 0 Å². The van der Waals surface area contributed by atoms with Gasteiger partial charge in [0.25, 0.3) is 0 Å². The molecule has 18 heavy (non-hydrogen) atoms. The van der Waals surface area contributed by atoms with Crippen LogP contribution in [0.25, 0.3) is 0 Å². The number of aryl methyl sites for hydroxylation is 1. The first-order valence-corrected chi connectivity index (χ1v) is 6.38. The van der Waals surface area contributed by atoms with Gasteiger partial charge in [-0.2, -0.15) is 5.10 Å². The van der Waals surface area contributed by atoms with Gasteiger partial charge >= 0.3 is 0 Å². The van der Waals surface area contributed by atoms with E-state index in [0.717, 1.165) is 18.7 Å². The smallest absolute Gasteiger partial charge is 0.238 e. The van der Waals surface area contributed by atoms with Crippen LogP contribution in [0.1, 0.15) is 12.6 Å². The molecule has 2 heterocycles. The van der Waals surface area contributed by atoms with E-state index in [0.29, 0.717) is 19.1 Å². The van der Waals surface area contributed by atoms with E-state index in [1.807, 2.05) is 19.3 Å². The molecule has 0 bridgehead atoms. The second-order valence-electron chi connectivity index (χ2n) is 4.79. The van der Waals surface area contributed by atoms with Crippen molar-refractivity contribution in [3.05, 3.63) is 18.0 Å². The molecule has 0 radical (unpaired) electrons. The maximum absolute atomic E-state index is 11.9. The number of amides is 1. The maximum Gasteiger partial charge on any atom is 0.238 e. The molecule has 0 aromatic carbocycles. The minimum absolute atomic E-state index is 0.0605. The molecule has 1 saturated heterocycles. The Kier molecular flexibility index (Phi) is 4.33. The number of nitrogens with zero attached hydrogens (tertiary/aromatic N) is 2. The first-order valence-electron chi connectivity index (χ1n) is 6.38. The number of carbonyl (C=O) groups excluding carboxylic acids is 1. The average molecular weight is 251 g/mol. The number of hydrogen-bond acceptors (Lipinski definition) is 4. The minimum atomic E-state index is -0.120. The van der Waals surface area contributed by atoms with Crippen LogP contribution in [0, 0.1) is 0 Å². The third-order valence-electron chi connectivity index (χ3n) is 3.11. The summed E-state index contributed by atoms with van der Waals surface area (Å²) in [6.45, 7) is 4.25. The first kappa shape index (κ1) is 13.0. The molecule has 3 N–H and O–H groups in total. The lowest BCUT2D eigenvalue weighted by Gasteiger charge is -2.28. The van der Waals surface area contributed by atoms with Crippen molar-refractivity contribution >= 4 is 5.91 Å². The van der Waals surface area contributed by atoms with Crippen molar-refractivity contribution in [3.63, 3.8) is 0 Å². The standard InChI is InChI=1S/C12H21N5O/c1-9-7-15-11(8-14-9)12(18)13-5-3-10-4-6-17(2)16-10/h4,6,9,11,14-15H,3,5,7-8H2,1-2H3,(H,13,18). The lowest BCUT2D eigenvalue weighted by molar-refractivity contribution is -0.123. The van der Waals surface area contributed by atoms with E-state index in [9.17, 15) is 4.79 Å². The van der Waals surface area contributed by atoms with E-state index >= 15 is 0 Å². The van der Waals surface area contributed by atoms with Crippen molar-refractivity contribution in [1.82, 2.24) is 25.7 Å². The Morgan fingerprint density at radius 1 is 1.56 bits per heavy atom. The van der Waals surface area contributed by atoms with Gasteiger partial charge in [-0.15, -0.1) is 0 Å². The third-order valence-corrected chi connectivity index (χ3v) is 3.11. The minimum Gasteiger partial charge on any atom is -0.354 e. The van der Waals surface area contributed by atoms with Gasteiger partial charge in [-0.3, -0.25) is 9.48 Å². The summed E-state index contributed by atoms with van der Waals surface area (Å²) in [5, 5.41) is 13.7. The normalized spacial score (nSPS) is 23.9. The fraction of sp³-hybridized carbons (Fsp3) is 0.667. The summed E-state index contributed by atoms with van der Waals surface area (Å²) in [6.07, 6.45) is 2.67. The molecule has 1 aromatic rings. The summed E-state index contributed by atoms with van der Waals surface area (Å²) in [5.74, 6) is 0.0605. The van der Waals surface area contributed by atoms with Gasteiger partial charge in [-0.05, 0) is 13.0 Å². The molecular formula is C12H21N5O. The van der Waals surface area contributed by atoms with Gasteiger partial charge < -0.3 is 16.0 Å². The van der Waals surface area contributed by atoms with Gasteiger partial charge in [0.15, 0.2) is 0 Å². The highest BCUT2D eigenvalue weighted by atomic mass is 16.2. The zero-order valence-electron chi connectivity index (χ0n) is 10.9. The van der Waals surface area contributed by atoms with Crippen LogP contribution in [-0.2, 0) is 18.3 Å². The van der Waals surface area contributed by atoms with Gasteiger partial charge in [0.1, 0.15) is 0 Å². The summed E-state index contributed by atoms with van der Waals surface area (Å²) < 4.78 is 1.77. The number of rotatable bonds is 4. The topological polar surface area (TPSA) is 71.0 Å². The highest BCUT2D eigenvalue weighted by Crippen LogP contribution is 1.96. The fourth-order valence-electron chi connectivity index (χ4n) is 2.00. The second-order valence-corrected chi connectivity index (χ2v) is 4.79. The number of aromatic nitrogens is 2. The lowest BCUT2D eigenvalue weighted by atomic mass is 10.1. The summed E-state index contributed by atoms with van der Waals surface area (Å²) in [5.41, 5.74) is 1.00. The Labute approximate surface area is 107 Å². The van der Waals surface area contributed by atoms with Crippen molar-refractivity contribution in [2.45, 2.75) is 25.4 Å². The molecule has 1 aromatic heterocycles. The molecule has 2 rings (SSSR count). The Morgan fingerprint density at radius 3 is 3.00 bits per heavy atom. The number of piperazine rings is 1. The molecule has 6 nitrogen and oxygen atoms in total. The van der Waals surface area contributed by atoms with Crippen molar-refractivity contribution in [2.75, 3.05) is 19.6 Å². The van der Waals surface area contributed by atoms with Crippen molar-refractivity contribution in [3.8, 4) is 0 Å². The average Bonchev–Trinajstić information content (AvgIpc) is 2.76. The zero-order chi connectivity index (χ0) is 13.0. The van der Waals surface area contributed by atoms with Crippen LogP contribution in [0.2, 0.25) is 0 Å². The van der Waals surface area contributed by atoms with Crippen LogP contribution in [0.15, 0.2) is 12.3 Å². The lowest BCUT2D eigenvalue weighted by Crippen LogP contribution is -2.59. The predicted octanol–water partition coefficient (Wildman–Crippen LogP) is -0.971. The molecule has 1 fully saturated rings. The van der Waals surface area contributed by atoms with Crippen LogP contribution in [0.4, 0.5) is 0 Å². The van der Waals surface area contributed by atoms with Gasteiger partial charge in [0.2, 0.25) is 5.91 Å². The highest BCUT2D eigenvalue weighted by Gasteiger charge is 2.22. The molecule has 1 aliphatic rings.